The van der Waals surface area contributed by atoms with Crippen LogP contribution in [0.4, 0.5) is 5.13 Å². The van der Waals surface area contributed by atoms with Crippen molar-refractivity contribution in [2.24, 2.45) is 0 Å². The number of morpholine rings is 1. The third-order valence-corrected chi connectivity index (χ3v) is 4.62. The summed E-state index contributed by atoms with van der Waals surface area (Å²) >= 11 is 1.83. The molecule has 0 aromatic carbocycles. The lowest BCUT2D eigenvalue weighted by atomic mass is 10.2. The number of aromatic nitrogens is 1. The van der Waals surface area contributed by atoms with Gasteiger partial charge in [-0.3, -0.25) is 0 Å². The van der Waals surface area contributed by atoms with Gasteiger partial charge in [-0.1, -0.05) is 20.8 Å². The average molecular weight is 297 g/mol. The van der Waals surface area contributed by atoms with Crippen molar-refractivity contribution in [3.05, 3.63) is 10.6 Å². The molecular weight excluding hydrogens is 270 g/mol. The van der Waals surface area contributed by atoms with Crippen LogP contribution < -0.4 is 10.2 Å². The normalized spacial score (nSPS) is 23.6. The van der Waals surface area contributed by atoms with E-state index < -0.39 is 0 Å². The number of thiazole rings is 1. The van der Waals surface area contributed by atoms with Crippen molar-refractivity contribution in [2.75, 3.05) is 18.0 Å². The van der Waals surface area contributed by atoms with Crippen LogP contribution in [0.1, 0.15) is 45.2 Å². The Morgan fingerprint density at radius 2 is 2.00 bits per heavy atom. The summed E-state index contributed by atoms with van der Waals surface area (Å²) in [5.74, 6) is 0. The molecule has 5 heteroatoms. The van der Waals surface area contributed by atoms with Gasteiger partial charge in [-0.25, -0.2) is 4.98 Å². The summed E-state index contributed by atoms with van der Waals surface area (Å²) < 4.78 is 5.80. The fourth-order valence-corrected chi connectivity index (χ4v) is 3.67. The molecule has 114 valence electrons. The van der Waals surface area contributed by atoms with E-state index in [1.807, 2.05) is 11.3 Å². The fraction of sp³-hybridized carbons (Fsp3) is 0.800. The number of aryl methyl sites for hydroxylation is 1. The van der Waals surface area contributed by atoms with Crippen LogP contribution in [0, 0.1) is 0 Å². The van der Waals surface area contributed by atoms with Gasteiger partial charge in [0.15, 0.2) is 5.13 Å². The molecule has 1 aromatic rings. The molecule has 20 heavy (non-hydrogen) atoms. The summed E-state index contributed by atoms with van der Waals surface area (Å²) in [5.41, 5.74) is 1.24. The van der Waals surface area contributed by atoms with Gasteiger partial charge in [0.05, 0.1) is 17.9 Å². The van der Waals surface area contributed by atoms with Gasteiger partial charge in [-0.05, 0) is 20.3 Å². The summed E-state index contributed by atoms with van der Waals surface area (Å²) in [4.78, 5) is 8.60. The van der Waals surface area contributed by atoms with Gasteiger partial charge in [0.2, 0.25) is 0 Å². The first-order valence-corrected chi connectivity index (χ1v) is 8.43. The highest BCUT2D eigenvalue weighted by Gasteiger charge is 2.25. The van der Waals surface area contributed by atoms with Crippen LogP contribution in [0.2, 0.25) is 0 Å². The summed E-state index contributed by atoms with van der Waals surface area (Å²) in [7, 11) is 0. The maximum Gasteiger partial charge on any atom is 0.186 e. The number of rotatable bonds is 5. The standard InChI is InChI=1S/C15H27N3OS/c1-6-13-14(7-16-10(2)3)20-15(17-13)18-8-11(4)19-12(5)9-18/h10-12,16H,6-9H2,1-5H3. The first-order chi connectivity index (χ1) is 9.49. The summed E-state index contributed by atoms with van der Waals surface area (Å²) in [6.45, 7) is 13.6. The second-order valence-electron chi connectivity index (χ2n) is 5.92. The number of hydrogen-bond donors (Lipinski definition) is 1. The van der Waals surface area contributed by atoms with Gasteiger partial charge in [-0.15, -0.1) is 11.3 Å². The summed E-state index contributed by atoms with van der Waals surface area (Å²) in [5, 5.41) is 4.65. The topological polar surface area (TPSA) is 37.4 Å². The average Bonchev–Trinajstić information content (AvgIpc) is 2.78. The van der Waals surface area contributed by atoms with Crippen molar-refractivity contribution in [3.63, 3.8) is 0 Å². The van der Waals surface area contributed by atoms with Crippen LogP contribution in [0.25, 0.3) is 0 Å². The van der Waals surface area contributed by atoms with E-state index in [1.54, 1.807) is 0 Å². The van der Waals surface area contributed by atoms with Gasteiger partial charge in [-0.2, -0.15) is 0 Å². The summed E-state index contributed by atoms with van der Waals surface area (Å²) in [6.07, 6.45) is 1.57. The highest BCUT2D eigenvalue weighted by molar-refractivity contribution is 7.15. The smallest absolute Gasteiger partial charge is 0.186 e. The molecular formula is C15H27N3OS. The molecule has 0 amide bonds. The zero-order chi connectivity index (χ0) is 14.7. The SMILES string of the molecule is CCc1nc(N2CC(C)OC(C)C2)sc1CNC(C)C. The molecule has 2 unspecified atom stereocenters. The number of hydrogen-bond acceptors (Lipinski definition) is 5. The Morgan fingerprint density at radius 3 is 2.55 bits per heavy atom. The molecule has 1 fully saturated rings. The van der Waals surface area contributed by atoms with Crippen molar-refractivity contribution in [3.8, 4) is 0 Å². The van der Waals surface area contributed by atoms with E-state index >= 15 is 0 Å². The Morgan fingerprint density at radius 1 is 1.35 bits per heavy atom. The minimum absolute atomic E-state index is 0.282. The Kier molecular flexibility index (Phi) is 5.41. The lowest BCUT2D eigenvalue weighted by Gasteiger charge is -2.35. The minimum Gasteiger partial charge on any atom is -0.372 e. The zero-order valence-corrected chi connectivity index (χ0v) is 14.1. The van der Waals surface area contributed by atoms with E-state index in [0.717, 1.165) is 31.2 Å². The van der Waals surface area contributed by atoms with E-state index in [9.17, 15) is 0 Å². The van der Waals surface area contributed by atoms with Gasteiger partial charge in [0.25, 0.3) is 0 Å². The lowest BCUT2D eigenvalue weighted by Crippen LogP contribution is -2.45. The molecule has 0 radical (unpaired) electrons. The molecule has 1 aliphatic rings. The predicted molar refractivity (Wildman–Crippen MR) is 85.7 cm³/mol. The number of nitrogens with one attached hydrogen (secondary N) is 1. The summed E-state index contributed by atoms with van der Waals surface area (Å²) in [6, 6.07) is 0.508. The van der Waals surface area contributed by atoms with Gasteiger partial charge in [0.1, 0.15) is 0 Å². The van der Waals surface area contributed by atoms with E-state index in [1.165, 1.54) is 10.6 Å². The van der Waals surface area contributed by atoms with Crippen molar-refractivity contribution in [1.29, 1.82) is 0 Å². The maximum absolute atomic E-state index is 5.80. The second kappa shape index (κ2) is 6.87. The first-order valence-electron chi connectivity index (χ1n) is 7.62. The third-order valence-electron chi connectivity index (χ3n) is 3.46. The first kappa shape index (κ1) is 15.7. The molecule has 0 bridgehead atoms. The Bertz CT molecular complexity index is 423. The Labute approximate surface area is 126 Å². The van der Waals surface area contributed by atoms with E-state index in [4.69, 9.17) is 9.72 Å². The molecule has 0 aliphatic carbocycles. The van der Waals surface area contributed by atoms with Crippen molar-refractivity contribution in [1.82, 2.24) is 10.3 Å². The van der Waals surface area contributed by atoms with Crippen molar-refractivity contribution < 1.29 is 4.74 Å². The molecule has 2 heterocycles. The number of ether oxygens (including phenoxy) is 1. The molecule has 0 saturated carbocycles. The molecule has 2 rings (SSSR count). The monoisotopic (exact) mass is 297 g/mol. The number of anilines is 1. The minimum atomic E-state index is 0.282. The van der Waals surface area contributed by atoms with Crippen LogP contribution in [0.3, 0.4) is 0 Å². The van der Waals surface area contributed by atoms with Gasteiger partial charge < -0.3 is 15.0 Å². The van der Waals surface area contributed by atoms with Crippen molar-refractivity contribution >= 4 is 16.5 Å². The highest BCUT2D eigenvalue weighted by atomic mass is 32.1. The van der Waals surface area contributed by atoms with Gasteiger partial charge >= 0.3 is 0 Å². The Balaban J connectivity index is 2.11. The van der Waals surface area contributed by atoms with Gasteiger partial charge in [0, 0.05) is 30.6 Å². The number of nitrogens with zero attached hydrogens (tertiary/aromatic N) is 2. The zero-order valence-electron chi connectivity index (χ0n) is 13.3. The molecule has 0 spiro atoms. The largest absolute Gasteiger partial charge is 0.372 e. The Hall–Kier alpha value is -0.650. The predicted octanol–water partition coefficient (Wildman–Crippen LogP) is 2.82. The third kappa shape index (κ3) is 3.93. The molecule has 2 atom stereocenters. The second-order valence-corrected chi connectivity index (χ2v) is 6.98. The molecule has 4 nitrogen and oxygen atoms in total. The molecule has 1 N–H and O–H groups in total. The van der Waals surface area contributed by atoms with Crippen LogP contribution in [-0.4, -0.2) is 36.3 Å². The fourth-order valence-electron chi connectivity index (χ4n) is 2.55. The maximum atomic E-state index is 5.80. The van der Waals surface area contributed by atoms with Crippen LogP contribution in [0.5, 0.6) is 0 Å². The quantitative estimate of drug-likeness (QED) is 0.907. The van der Waals surface area contributed by atoms with Crippen LogP contribution in [0.15, 0.2) is 0 Å². The van der Waals surface area contributed by atoms with Crippen LogP contribution in [-0.2, 0) is 17.7 Å². The van der Waals surface area contributed by atoms with E-state index in [0.29, 0.717) is 6.04 Å². The van der Waals surface area contributed by atoms with E-state index in [-0.39, 0.29) is 12.2 Å². The van der Waals surface area contributed by atoms with Crippen LogP contribution >= 0.6 is 11.3 Å². The lowest BCUT2D eigenvalue weighted by molar-refractivity contribution is -0.00523. The van der Waals surface area contributed by atoms with Crippen molar-refractivity contribution in [2.45, 2.75) is 65.8 Å². The molecule has 1 aromatic heterocycles. The molecule has 1 saturated heterocycles. The van der Waals surface area contributed by atoms with E-state index in [2.05, 4.69) is 44.8 Å². The highest BCUT2D eigenvalue weighted by Crippen LogP contribution is 2.29. The molecule has 1 aliphatic heterocycles.